The van der Waals surface area contributed by atoms with Crippen LogP contribution in [0.2, 0.25) is 0 Å². The lowest BCUT2D eigenvalue weighted by atomic mass is 9.69. The second-order valence-electron chi connectivity index (χ2n) is 7.71. The molecule has 1 aromatic carbocycles. The van der Waals surface area contributed by atoms with Crippen molar-refractivity contribution in [1.29, 1.82) is 0 Å². The van der Waals surface area contributed by atoms with Crippen LogP contribution in [-0.2, 0) is 6.42 Å². The number of unbranched alkanes of at least 4 members (excludes halogenated alkanes) is 2. The summed E-state index contributed by atoms with van der Waals surface area (Å²) in [5, 5.41) is 3.89. The number of nitrogens with one attached hydrogen (secondary N) is 1. The highest BCUT2D eigenvalue weighted by Crippen LogP contribution is 2.47. The van der Waals surface area contributed by atoms with Crippen molar-refractivity contribution in [1.82, 2.24) is 0 Å². The van der Waals surface area contributed by atoms with Gasteiger partial charge in [0.1, 0.15) is 0 Å². The predicted octanol–water partition coefficient (Wildman–Crippen LogP) is 6.71. The van der Waals surface area contributed by atoms with E-state index in [0.717, 1.165) is 5.92 Å². The van der Waals surface area contributed by atoms with E-state index in [0.29, 0.717) is 12.0 Å². The van der Waals surface area contributed by atoms with Gasteiger partial charge in [-0.25, -0.2) is 0 Å². The van der Waals surface area contributed by atoms with E-state index in [-0.39, 0.29) is 0 Å². The molecule has 3 rings (SSSR count). The lowest BCUT2D eigenvalue weighted by molar-refractivity contribution is 0.345. The molecule has 0 amide bonds. The Labute approximate surface area is 148 Å². The van der Waals surface area contributed by atoms with E-state index in [9.17, 15) is 0 Å². The van der Waals surface area contributed by atoms with Crippen molar-refractivity contribution in [3.8, 4) is 0 Å². The normalized spacial score (nSPS) is 25.3. The number of anilines is 1. The first-order valence-corrected chi connectivity index (χ1v) is 9.91. The number of rotatable bonds is 6. The van der Waals surface area contributed by atoms with Crippen LogP contribution in [-0.4, -0.2) is 6.04 Å². The molecule has 130 valence electrons. The minimum atomic E-state index is 0.567. The third kappa shape index (κ3) is 3.31. The summed E-state index contributed by atoms with van der Waals surface area (Å²) >= 11 is 0. The molecule has 0 bridgehead atoms. The van der Waals surface area contributed by atoms with Crippen LogP contribution in [0, 0.1) is 5.92 Å². The molecule has 0 saturated carbocycles. The van der Waals surface area contributed by atoms with Gasteiger partial charge in [0.15, 0.2) is 0 Å². The zero-order valence-corrected chi connectivity index (χ0v) is 15.7. The van der Waals surface area contributed by atoms with Crippen LogP contribution in [0.25, 0.3) is 6.08 Å². The van der Waals surface area contributed by atoms with Crippen molar-refractivity contribution < 1.29 is 0 Å². The van der Waals surface area contributed by atoms with Gasteiger partial charge in [0.2, 0.25) is 0 Å². The molecule has 1 N–H and O–H groups in total. The molecule has 24 heavy (non-hydrogen) atoms. The molecule has 3 unspecified atom stereocenters. The van der Waals surface area contributed by atoms with Crippen molar-refractivity contribution in [2.24, 2.45) is 5.92 Å². The molecular weight excluding hydrogens is 290 g/mol. The fourth-order valence-electron chi connectivity index (χ4n) is 4.67. The van der Waals surface area contributed by atoms with Crippen molar-refractivity contribution in [3.63, 3.8) is 0 Å². The van der Waals surface area contributed by atoms with Crippen molar-refractivity contribution in [3.05, 3.63) is 47.1 Å². The van der Waals surface area contributed by atoms with Gasteiger partial charge in [-0.1, -0.05) is 57.1 Å². The lowest BCUT2D eigenvalue weighted by Gasteiger charge is -2.43. The van der Waals surface area contributed by atoms with E-state index < -0.39 is 0 Å². The maximum atomic E-state index is 4.12. The fraction of sp³-hybridized carbons (Fsp3) is 0.565. The van der Waals surface area contributed by atoms with Gasteiger partial charge in [-0.15, -0.1) is 0 Å². The molecule has 1 aliphatic carbocycles. The minimum absolute atomic E-state index is 0.567. The fourth-order valence-corrected chi connectivity index (χ4v) is 4.67. The summed E-state index contributed by atoms with van der Waals surface area (Å²) in [7, 11) is 0. The van der Waals surface area contributed by atoms with Gasteiger partial charge in [-0.3, -0.25) is 0 Å². The van der Waals surface area contributed by atoms with E-state index in [1.807, 2.05) is 0 Å². The molecule has 2 aliphatic rings. The highest BCUT2D eigenvalue weighted by Gasteiger charge is 2.37. The van der Waals surface area contributed by atoms with Crippen LogP contribution in [0.1, 0.15) is 81.9 Å². The number of aryl methyl sites for hydroxylation is 1. The van der Waals surface area contributed by atoms with Crippen LogP contribution in [0.5, 0.6) is 0 Å². The molecule has 0 aromatic heterocycles. The first-order valence-electron chi connectivity index (χ1n) is 9.91. The zero-order valence-electron chi connectivity index (χ0n) is 15.7. The average molecular weight is 324 g/mol. The number of benzene rings is 1. The predicted molar refractivity (Wildman–Crippen MR) is 107 cm³/mol. The smallest absolute Gasteiger partial charge is 0.0389 e. The largest absolute Gasteiger partial charge is 0.382 e. The van der Waals surface area contributed by atoms with Crippen molar-refractivity contribution in [2.45, 2.75) is 77.7 Å². The second kappa shape index (κ2) is 7.59. The van der Waals surface area contributed by atoms with Gasteiger partial charge < -0.3 is 5.32 Å². The van der Waals surface area contributed by atoms with E-state index in [1.165, 1.54) is 67.3 Å². The standard InChI is InChI=1S/C23H33N/c1-5-8-9-10-17-14-18(6-2)23-20-13-16(4)11-12-19(20)21(7-3)24-22(23)15-17/h6,13-15,19-21,24H,2,5,7-12H2,1,3-4H3. The molecule has 1 nitrogen and oxygen atoms in total. The molecule has 1 aromatic rings. The lowest BCUT2D eigenvalue weighted by Crippen LogP contribution is -2.38. The molecule has 0 radical (unpaired) electrons. The summed E-state index contributed by atoms with van der Waals surface area (Å²) in [5.74, 6) is 1.30. The first kappa shape index (κ1) is 17.3. The molecule has 0 spiro atoms. The Kier molecular flexibility index (Phi) is 5.48. The van der Waals surface area contributed by atoms with Gasteiger partial charge in [0, 0.05) is 17.6 Å². The van der Waals surface area contributed by atoms with Gasteiger partial charge >= 0.3 is 0 Å². The van der Waals surface area contributed by atoms with E-state index >= 15 is 0 Å². The summed E-state index contributed by atoms with van der Waals surface area (Å²) < 4.78 is 0. The zero-order chi connectivity index (χ0) is 17.1. The maximum Gasteiger partial charge on any atom is 0.0389 e. The van der Waals surface area contributed by atoms with E-state index in [2.05, 4.69) is 57.0 Å². The van der Waals surface area contributed by atoms with Crippen LogP contribution in [0.4, 0.5) is 5.69 Å². The summed E-state index contributed by atoms with van der Waals surface area (Å²) in [6.07, 6.45) is 13.5. The van der Waals surface area contributed by atoms with Crippen molar-refractivity contribution in [2.75, 3.05) is 5.32 Å². The van der Waals surface area contributed by atoms with Crippen molar-refractivity contribution >= 4 is 11.8 Å². The highest BCUT2D eigenvalue weighted by molar-refractivity contribution is 5.69. The van der Waals surface area contributed by atoms with Gasteiger partial charge in [0.05, 0.1) is 0 Å². The Morgan fingerprint density at radius 2 is 2.08 bits per heavy atom. The highest BCUT2D eigenvalue weighted by atomic mass is 14.9. The number of hydrogen-bond acceptors (Lipinski definition) is 1. The van der Waals surface area contributed by atoms with Gasteiger partial charge in [-0.2, -0.15) is 0 Å². The summed E-state index contributed by atoms with van der Waals surface area (Å²) in [6.45, 7) is 11.0. The Bertz CT molecular complexity index is 625. The Hall–Kier alpha value is -1.50. The second-order valence-corrected chi connectivity index (χ2v) is 7.71. The molecule has 1 heteroatoms. The molecule has 0 saturated heterocycles. The Morgan fingerprint density at radius 3 is 2.79 bits per heavy atom. The Balaban J connectivity index is 2.01. The molecule has 0 fully saturated rings. The molecule has 1 heterocycles. The van der Waals surface area contributed by atoms with Crippen LogP contribution in [0.3, 0.4) is 0 Å². The third-order valence-corrected chi connectivity index (χ3v) is 5.99. The number of allylic oxidation sites excluding steroid dienone is 2. The third-order valence-electron chi connectivity index (χ3n) is 5.99. The Morgan fingerprint density at radius 1 is 1.25 bits per heavy atom. The monoisotopic (exact) mass is 323 g/mol. The SMILES string of the molecule is C=Cc1cc(CCCCC)cc2c1C1C=C(C)CCC1C(CC)N2. The topological polar surface area (TPSA) is 12.0 Å². The van der Waals surface area contributed by atoms with Gasteiger partial charge in [0.25, 0.3) is 0 Å². The summed E-state index contributed by atoms with van der Waals surface area (Å²) in [6, 6.07) is 5.43. The minimum Gasteiger partial charge on any atom is -0.382 e. The summed E-state index contributed by atoms with van der Waals surface area (Å²) in [4.78, 5) is 0. The average Bonchev–Trinajstić information content (AvgIpc) is 2.60. The van der Waals surface area contributed by atoms with Gasteiger partial charge in [-0.05, 0) is 67.7 Å². The maximum absolute atomic E-state index is 4.12. The quantitative estimate of drug-likeness (QED) is 0.453. The van der Waals surface area contributed by atoms with Crippen LogP contribution in [0.15, 0.2) is 30.4 Å². The van der Waals surface area contributed by atoms with Crippen LogP contribution < -0.4 is 5.32 Å². The molecular formula is C23H33N. The van der Waals surface area contributed by atoms with Crippen LogP contribution >= 0.6 is 0 Å². The molecule has 3 atom stereocenters. The molecule has 1 aliphatic heterocycles. The number of fused-ring (bicyclic) bond motifs is 3. The van der Waals surface area contributed by atoms with E-state index in [1.54, 1.807) is 5.57 Å². The number of hydrogen-bond donors (Lipinski definition) is 1. The first-order chi connectivity index (χ1) is 11.7. The van der Waals surface area contributed by atoms with E-state index in [4.69, 9.17) is 0 Å². The summed E-state index contributed by atoms with van der Waals surface area (Å²) in [5.41, 5.74) is 7.24.